The van der Waals surface area contributed by atoms with E-state index in [-0.39, 0.29) is 29.2 Å². The van der Waals surface area contributed by atoms with Crippen LogP contribution in [0.25, 0.3) is 12.2 Å². The number of rotatable bonds is 15. The summed E-state index contributed by atoms with van der Waals surface area (Å²) in [5.41, 5.74) is 0.659. The molecule has 0 saturated carbocycles. The number of nitriles is 2. The summed E-state index contributed by atoms with van der Waals surface area (Å²) >= 11 is 0. The van der Waals surface area contributed by atoms with Crippen LogP contribution < -0.4 is 24.3 Å². The van der Waals surface area contributed by atoms with Gasteiger partial charge in [0.25, 0.3) is 5.91 Å². The molecule has 40 heavy (non-hydrogen) atoms. The third-order valence-electron chi connectivity index (χ3n) is 5.57. The predicted molar refractivity (Wildman–Crippen MR) is 152 cm³/mol. The van der Waals surface area contributed by atoms with E-state index >= 15 is 0 Å². The van der Waals surface area contributed by atoms with Crippen LogP contribution in [-0.4, -0.2) is 39.2 Å². The Morgan fingerprint density at radius 3 is 2.05 bits per heavy atom. The Morgan fingerprint density at radius 2 is 1.48 bits per heavy atom. The van der Waals surface area contributed by atoms with Crippen LogP contribution in [0.1, 0.15) is 43.7 Å². The van der Waals surface area contributed by atoms with Gasteiger partial charge >= 0.3 is 5.97 Å². The fourth-order valence-corrected chi connectivity index (χ4v) is 3.50. The molecule has 0 radical (unpaired) electrons. The van der Waals surface area contributed by atoms with Crippen LogP contribution >= 0.6 is 0 Å². The molecule has 0 aliphatic carbocycles. The molecule has 0 atom stereocenters. The first kappa shape index (κ1) is 31.2. The Bertz CT molecular complexity index is 1350. The van der Waals surface area contributed by atoms with Crippen molar-refractivity contribution in [3.05, 3.63) is 71.3 Å². The molecule has 0 unspecified atom stereocenters. The topological polar surface area (TPSA) is 131 Å². The lowest BCUT2D eigenvalue weighted by Gasteiger charge is -2.12. The number of nitrogens with one attached hydrogen (secondary N) is 1. The third kappa shape index (κ3) is 9.38. The smallest absolute Gasteiger partial charge is 0.354 e. The van der Waals surface area contributed by atoms with Gasteiger partial charge in [0, 0.05) is 6.54 Å². The Balaban J connectivity index is 2.20. The number of amides is 1. The third-order valence-corrected chi connectivity index (χ3v) is 5.57. The van der Waals surface area contributed by atoms with Gasteiger partial charge in [0.05, 0.1) is 20.8 Å². The lowest BCUT2D eigenvalue weighted by atomic mass is 10.1. The zero-order valence-corrected chi connectivity index (χ0v) is 23.0. The van der Waals surface area contributed by atoms with Crippen molar-refractivity contribution >= 4 is 24.0 Å². The molecular weight excluding hydrogens is 510 g/mol. The molecule has 208 valence electrons. The Kier molecular flexibility index (Phi) is 13.1. The Hall–Kier alpha value is -5.02. The molecule has 0 bridgehead atoms. The molecule has 9 nitrogen and oxygen atoms in total. The van der Waals surface area contributed by atoms with Crippen LogP contribution in [0.2, 0.25) is 0 Å². The van der Waals surface area contributed by atoms with E-state index in [1.807, 2.05) is 12.1 Å². The summed E-state index contributed by atoms with van der Waals surface area (Å²) < 4.78 is 22.0. The van der Waals surface area contributed by atoms with Gasteiger partial charge in [0.1, 0.15) is 23.3 Å². The van der Waals surface area contributed by atoms with Crippen LogP contribution in [0.15, 0.2) is 60.2 Å². The first-order valence-electron chi connectivity index (χ1n) is 12.7. The predicted octanol–water partition coefficient (Wildman–Crippen LogP) is 5.38. The zero-order chi connectivity index (χ0) is 29.3. The molecule has 1 N–H and O–H groups in total. The average molecular weight is 544 g/mol. The van der Waals surface area contributed by atoms with Crippen LogP contribution in [0.4, 0.5) is 0 Å². The number of nitrogens with zero attached hydrogens (tertiary/aromatic N) is 2. The second-order valence-electron chi connectivity index (χ2n) is 8.46. The standard InChI is InChI=1S/C31H33N3O6/c1-5-7-8-9-15-39-26-12-10-23(18-28(26)37-3)17-25(21-33)31(36)40-27-13-11-22(19-29(27)38-4)16-24(20-32)30(35)34-14-6-2/h6,10-13,16-19H,2,5,7-9,14-15H2,1,3-4H3,(H,34,35)/b24-16+,25-17+. The monoisotopic (exact) mass is 543 g/mol. The highest BCUT2D eigenvalue weighted by atomic mass is 16.6. The van der Waals surface area contributed by atoms with E-state index in [0.29, 0.717) is 29.2 Å². The van der Waals surface area contributed by atoms with Crippen LogP contribution in [0.5, 0.6) is 23.0 Å². The summed E-state index contributed by atoms with van der Waals surface area (Å²) in [5, 5.41) is 21.5. The molecule has 0 aliphatic rings. The number of ether oxygens (including phenoxy) is 4. The number of carbonyl (C=O) groups excluding carboxylic acids is 2. The Morgan fingerprint density at radius 1 is 0.875 bits per heavy atom. The molecule has 0 aliphatic heterocycles. The van der Waals surface area contributed by atoms with Crippen molar-refractivity contribution < 1.29 is 28.5 Å². The number of hydrogen-bond donors (Lipinski definition) is 1. The second-order valence-corrected chi connectivity index (χ2v) is 8.46. The molecular formula is C31H33N3O6. The summed E-state index contributed by atoms with van der Waals surface area (Å²) in [6.45, 7) is 6.45. The van der Waals surface area contributed by atoms with E-state index in [1.54, 1.807) is 24.3 Å². The van der Waals surface area contributed by atoms with Gasteiger partial charge in [-0.15, -0.1) is 6.58 Å². The van der Waals surface area contributed by atoms with Crippen LogP contribution in [0.3, 0.4) is 0 Å². The van der Waals surface area contributed by atoms with Crippen LogP contribution in [-0.2, 0) is 9.59 Å². The van der Waals surface area contributed by atoms with Crippen LogP contribution in [0, 0.1) is 22.7 Å². The summed E-state index contributed by atoms with van der Waals surface area (Å²) in [6, 6.07) is 13.3. The number of carbonyl (C=O) groups is 2. The van der Waals surface area contributed by atoms with Gasteiger partial charge in [-0.2, -0.15) is 10.5 Å². The van der Waals surface area contributed by atoms with E-state index < -0.39 is 11.9 Å². The summed E-state index contributed by atoms with van der Waals surface area (Å²) in [6.07, 6.45) is 8.59. The number of unbranched alkanes of at least 4 members (excludes halogenated alkanes) is 3. The quantitative estimate of drug-likeness (QED) is 0.0791. The number of benzene rings is 2. The minimum atomic E-state index is -0.888. The molecule has 2 rings (SSSR count). The molecule has 0 fully saturated rings. The molecule has 2 aromatic rings. The zero-order valence-electron chi connectivity index (χ0n) is 23.0. The van der Waals surface area contributed by atoms with E-state index in [0.717, 1.165) is 25.7 Å². The van der Waals surface area contributed by atoms with E-state index in [9.17, 15) is 20.1 Å². The number of esters is 1. The summed E-state index contributed by atoms with van der Waals surface area (Å²) in [4.78, 5) is 24.9. The van der Waals surface area contributed by atoms with Gasteiger partial charge in [-0.05, 0) is 54.0 Å². The van der Waals surface area contributed by atoms with E-state index in [4.69, 9.17) is 18.9 Å². The molecule has 0 saturated heterocycles. The highest BCUT2D eigenvalue weighted by Crippen LogP contribution is 2.31. The minimum absolute atomic E-state index is 0.0600. The first-order valence-corrected chi connectivity index (χ1v) is 12.7. The fraction of sp³-hybridized carbons (Fsp3) is 0.290. The van der Waals surface area contributed by atoms with Crippen molar-refractivity contribution in [2.24, 2.45) is 0 Å². The van der Waals surface area contributed by atoms with Crippen molar-refractivity contribution in [3.63, 3.8) is 0 Å². The minimum Gasteiger partial charge on any atom is -0.493 e. The van der Waals surface area contributed by atoms with Gasteiger partial charge < -0.3 is 24.3 Å². The normalized spacial score (nSPS) is 11.0. The van der Waals surface area contributed by atoms with Crippen molar-refractivity contribution in [2.75, 3.05) is 27.4 Å². The Labute approximate surface area is 234 Å². The molecule has 0 spiro atoms. The molecule has 1 amide bonds. The molecule has 9 heteroatoms. The molecule has 0 heterocycles. The van der Waals surface area contributed by atoms with Crippen molar-refractivity contribution in [2.45, 2.75) is 32.6 Å². The highest BCUT2D eigenvalue weighted by molar-refractivity contribution is 6.02. The molecule has 0 aromatic heterocycles. The number of methoxy groups -OCH3 is 2. The lowest BCUT2D eigenvalue weighted by molar-refractivity contribution is -0.129. The van der Waals surface area contributed by atoms with E-state index in [2.05, 4.69) is 18.8 Å². The van der Waals surface area contributed by atoms with Gasteiger partial charge in [0.15, 0.2) is 23.0 Å². The van der Waals surface area contributed by atoms with Gasteiger partial charge in [-0.1, -0.05) is 44.4 Å². The fourth-order valence-electron chi connectivity index (χ4n) is 3.50. The number of hydrogen-bond acceptors (Lipinski definition) is 8. The van der Waals surface area contributed by atoms with Crippen molar-refractivity contribution in [1.82, 2.24) is 5.32 Å². The maximum atomic E-state index is 12.8. The van der Waals surface area contributed by atoms with Gasteiger partial charge in [-0.3, -0.25) is 4.79 Å². The van der Waals surface area contributed by atoms with Gasteiger partial charge in [0.2, 0.25) is 0 Å². The van der Waals surface area contributed by atoms with E-state index in [1.165, 1.54) is 44.6 Å². The maximum Gasteiger partial charge on any atom is 0.354 e. The van der Waals surface area contributed by atoms with Crippen molar-refractivity contribution in [3.8, 4) is 35.1 Å². The second kappa shape index (κ2) is 16.7. The SMILES string of the molecule is C=CCNC(=O)/C(C#N)=C/c1ccc(OC(=O)/C(C#N)=C/c2ccc(OCCCCCC)c(OC)c2)c(OC)c1. The van der Waals surface area contributed by atoms with Gasteiger partial charge in [-0.25, -0.2) is 4.79 Å². The summed E-state index contributed by atoms with van der Waals surface area (Å²) in [5.74, 6) is -0.149. The summed E-state index contributed by atoms with van der Waals surface area (Å²) in [7, 11) is 2.90. The average Bonchev–Trinajstić information content (AvgIpc) is 2.98. The molecule has 2 aromatic carbocycles. The first-order chi connectivity index (χ1) is 19.4. The largest absolute Gasteiger partial charge is 0.493 e. The maximum absolute atomic E-state index is 12.8. The highest BCUT2D eigenvalue weighted by Gasteiger charge is 2.17. The lowest BCUT2D eigenvalue weighted by Crippen LogP contribution is -2.24. The van der Waals surface area contributed by atoms with Crippen molar-refractivity contribution in [1.29, 1.82) is 10.5 Å².